The lowest BCUT2D eigenvalue weighted by atomic mass is 10.2. The van der Waals surface area contributed by atoms with Crippen LogP contribution in [0, 0.1) is 0 Å². The van der Waals surface area contributed by atoms with Crippen molar-refractivity contribution in [3.63, 3.8) is 0 Å². The van der Waals surface area contributed by atoms with Crippen LogP contribution in [0.3, 0.4) is 0 Å². The molecule has 2 aromatic rings. The van der Waals surface area contributed by atoms with Crippen molar-refractivity contribution in [3.8, 4) is 0 Å². The molecular weight excluding hydrogens is 278 g/mol. The van der Waals surface area contributed by atoms with Gasteiger partial charge in [0.15, 0.2) is 0 Å². The van der Waals surface area contributed by atoms with Crippen LogP contribution in [0.2, 0.25) is 0 Å². The third-order valence-corrected chi connectivity index (χ3v) is 3.73. The van der Waals surface area contributed by atoms with E-state index in [1.54, 1.807) is 11.0 Å². The number of hydrogen-bond acceptors (Lipinski definition) is 3. The molecule has 0 bridgehead atoms. The highest BCUT2D eigenvalue weighted by Gasteiger charge is 2.13. The van der Waals surface area contributed by atoms with Crippen molar-refractivity contribution < 1.29 is 4.79 Å². The third kappa shape index (κ3) is 3.93. The van der Waals surface area contributed by atoms with E-state index >= 15 is 0 Å². The Morgan fingerprint density at radius 2 is 2.00 bits per heavy atom. The summed E-state index contributed by atoms with van der Waals surface area (Å²) in [6.07, 6.45) is 3.63. The van der Waals surface area contributed by atoms with E-state index < -0.39 is 0 Å². The minimum absolute atomic E-state index is 0.117. The minimum Gasteiger partial charge on any atom is -0.336 e. The van der Waals surface area contributed by atoms with Gasteiger partial charge in [0, 0.05) is 13.0 Å². The molecular formula is C17H23N3O2. The van der Waals surface area contributed by atoms with Gasteiger partial charge in [0.25, 0.3) is 5.56 Å². The van der Waals surface area contributed by atoms with Crippen LogP contribution in [-0.2, 0) is 11.3 Å². The van der Waals surface area contributed by atoms with Crippen LogP contribution < -0.4 is 5.56 Å². The van der Waals surface area contributed by atoms with Gasteiger partial charge in [-0.05, 0) is 25.5 Å². The van der Waals surface area contributed by atoms with Crippen molar-refractivity contribution in [2.45, 2.75) is 46.1 Å². The number of H-pyrrole nitrogens is 1. The molecule has 0 spiro atoms. The Morgan fingerprint density at radius 1 is 1.23 bits per heavy atom. The highest BCUT2D eigenvalue weighted by atomic mass is 16.2. The van der Waals surface area contributed by atoms with E-state index in [0.717, 1.165) is 19.3 Å². The van der Waals surface area contributed by atoms with Crippen LogP contribution in [0.15, 0.2) is 29.1 Å². The van der Waals surface area contributed by atoms with Gasteiger partial charge in [-0.1, -0.05) is 31.9 Å². The maximum Gasteiger partial charge on any atom is 0.258 e. The third-order valence-electron chi connectivity index (χ3n) is 3.73. The summed E-state index contributed by atoms with van der Waals surface area (Å²) in [6, 6.07) is 7.23. The van der Waals surface area contributed by atoms with Crippen LogP contribution in [0.1, 0.15) is 45.4 Å². The molecule has 0 fully saturated rings. The van der Waals surface area contributed by atoms with Crippen molar-refractivity contribution in [1.82, 2.24) is 14.9 Å². The lowest BCUT2D eigenvalue weighted by Gasteiger charge is -2.20. The highest BCUT2D eigenvalue weighted by molar-refractivity contribution is 5.77. The quantitative estimate of drug-likeness (QED) is 0.800. The molecule has 5 nitrogen and oxygen atoms in total. The molecule has 1 amide bonds. The molecule has 1 aromatic carbocycles. The van der Waals surface area contributed by atoms with Crippen molar-refractivity contribution in [3.05, 3.63) is 40.4 Å². The van der Waals surface area contributed by atoms with E-state index in [9.17, 15) is 9.59 Å². The van der Waals surface area contributed by atoms with E-state index in [0.29, 0.717) is 36.2 Å². The lowest BCUT2D eigenvalue weighted by Crippen LogP contribution is -2.31. The average Bonchev–Trinajstić information content (AvgIpc) is 2.52. The summed E-state index contributed by atoms with van der Waals surface area (Å²) in [7, 11) is 0. The maximum atomic E-state index is 12.2. The first kappa shape index (κ1) is 16.2. The first-order chi connectivity index (χ1) is 10.7. The molecule has 0 saturated carbocycles. The van der Waals surface area contributed by atoms with Crippen LogP contribution in [0.4, 0.5) is 0 Å². The first-order valence-electron chi connectivity index (χ1n) is 7.91. The van der Waals surface area contributed by atoms with E-state index in [4.69, 9.17) is 0 Å². The van der Waals surface area contributed by atoms with Crippen molar-refractivity contribution in [1.29, 1.82) is 0 Å². The van der Waals surface area contributed by atoms with Gasteiger partial charge >= 0.3 is 0 Å². The molecule has 1 N–H and O–H groups in total. The zero-order valence-electron chi connectivity index (χ0n) is 13.3. The Morgan fingerprint density at radius 3 is 2.73 bits per heavy atom. The standard InChI is InChI=1S/C17H23N3O2/c1-3-5-6-11-16(21)20(4-2)12-15-18-14-10-8-7-9-13(14)17(22)19-15/h7-10H,3-6,11-12H2,1-2H3,(H,18,19,22). The summed E-state index contributed by atoms with van der Waals surface area (Å²) in [5.74, 6) is 0.654. The number of nitrogens with one attached hydrogen (secondary N) is 1. The predicted molar refractivity (Wildman–Crippen MR) is 87.6 cm³/mol. The van der Waals surface area contributed by atoms with Crippen LogP contribution in [-0.4, -0.2) is 27.3 Å². The molecule has 118 valence electrons. The monoisotopic (exact) mass is 301 g/mol. The van der Waals surface area contributed by atoms with Gasteiger partial charge in [0.05, 0.1) is 17.4 Å². The number of carbonyl (C=O) groups is 1. The fourth-order valence-corrected chi connectivity index (χ4v) is 2.45. The zero-order valence-corrected chi connectivity index (χ0v) is 13.3. The molecule has 0 unspecified atom stereocenters. The Hall–Kier alpha value is -2.17. The number of amides is 1. The van der Waals surface area contributed by atoms with Crippen molar-refractivity contribution >= 4 is 16.8 Å². The normalized spacial score (nSPS) is 10.8. The second-order valence-electron chi connectivity index (χ2n) is 5.39. The molecule has 0 aliphatic rings. The van der Waals surface area contributed by atoms with Crippen molar-refractivity contribution in [2.75, 3.05) is 6.54 Å². The number of benzene rings is 1. The number of aromatic nitrogens is 2. The Labute approximate surface area is 130 Å². The average molecular weight is 301 g/mol. The van der Waals surface area contributed by atoms with Crippen LogP contribution in [0.25, 0.3) is 10.9 Å². The number of aromatic amines is 1. The SMILES string of the molecule is CCCCCC(=O)N(CC)Cc1nc2ccccc2c(=O)[nH]1. The molecule has 0 radical (unpaired) electrons. The molecule has 5 heteroatoms. The number of para-hydroxylation sites is 1. The Kier molecular flexibility index (Phi) is 5.69. The van der Waals surface area contributed by atoms with E-state index in [2.05, 4.69) is 16.9 Å². The summed E-state index contributed by atoms with van der Waals surface area (Å²) < 4.78 is 0. The van der Waals surface area contributed by atoms with Gasteiger partial charge in [0.1, 0.15) is 5.82 Å². The van der Waals surface area contributed by atoms with Crippen LogP contribution in [0.5, 0.6) is 0 Å². The number of nitrogens with zero attached hydrogens (tertiary/aromatic N) is 2. The Balaban J connectivity index is 2.14. The number of unbranched alkanes of at least 4 members (excludes halogenated alkanes) is 2. The zero-order chi connectivity index (χ0) is 15.9. The van der Waals surface area contributed by atoms with Gasteiger partial charge in [-0.15, -0.1) is 0 Å². The number of hydrogen-bond donors (Lipinski definition) is 1. The summed E-state index contributed by atoms with van der Waals surface area (Å²) in [4.78, 5) is 33.2. The van der Waals surface area contributed by atoms with Gasteiger partial charge in [-0.3, -0.25) is 9.59 Å². The van der Waals surface area contributed by atoms with Crippen LogP contribution >= 0.6 is 0 Å². The van der Waals surface area contributed by atoms with Crippen molar-refractivity contribution in [2.24, 2.45) is 0 Å². The largest absolute Gasteiger partial charge is 0.336 e. The second-order valence-corrected chi connectivity index (χ2v) is 5.39. The fraction of sp³-hybridized carbons (Fsp3) is 0.471. The number of fused-ring (bicyclic) bond motifs is 1. The fourth-order valence-electron chi connectivity index (χ4n) is 2.45. The maximum absolute atomic E-state index is 12.2. The van der Waals surface area contributed by atoms with Gasteiger partial charge in [-0.25, -0.2) is 4.98 Å². The molecule has 1 aromatic heterocycles. The lowest BCUT2D eigenvalue weighted by molar-refractivity contribution is -0.131. The summed E-state index contributed by atoms with van der Waals surface area (Å²) in [5.41, 5.74) is 0.505. The molecule has 22 heavy (non-hydrogen) atoms. The summed E-state index contributed by atoms with van der Waals surface area (Å²) >= 11 is 0. The van der Waals surface area contributed by atoms with Gasteiger partial charge in [-0.2, -0.15) is 0 Å². The molecule has 1 heterocycles. The number of rotatable bonds is 7. The van der Waals surface area contributed by atoms with Gasteiger partial charge in [0.2, 0.25) is 5.91 Å². The Bertz CT molecular complexity index is 694. The summed E-state index contributed by atoms with van der Waals surface area (Å²) in [6.45, 7) is 5.02. The number of carbonyl (C=O) groups excluding carboxylic acids is 1. The smallest absolute Gasteiger partial charge is 0.258 e. The van der Waals surface area contributed by atoms with Gasteiger partial charge < -0.3 is 9.88 Å². The first-order valence-corrected chi connectivity index (χ1v) is 7.91. The molecule has 0 saturated heterocycles. The second kappa shape index (κ2) is 7.73. The van der Waals surface area contributed by atoms with E-state index in [-0.39, 0.29) is 11.5 Å². The summed E-state index contributed by atoms with van der Waals surface area (Å²) in [5, 5.41) is 0.573. The molecule has 0 atom stereocenters. The minimum atomic E-state index is -0.157. The van der Waals surface area contributed by atoms with E-state index in [1.807, 2.05) is 25.1 Å². The van der Waals surface area contributed by atoms with E-state index in [1.165, 1.54) is 0 Å². The molecule has 0 aliphatic heterocycles. The topological polar surface area (TPSA) is 66.1 Å². The molecule has 2 rings (SSSR count). The highest BCUT2D eigenvalue weighted by Crippen LogP contribution is 2.09. The predicted octanol–water partition coefficient (Wildman–Crippen LogP) is 2.85. The molecule has 0 aliphatic carbocycles.